The van der Waals surface area contributed by atoms with E-state index in [4.69, 9.17) is 17.1 Å². The Bertz CT molecular complexity index is 562. The Morgan fingerprint density at radius 3 is 3.06 bits per heavy atom. The van der Waals surface area contributed by atoms with E-state index < -0.39 is 0 Å². The van der Waals surface area contributed by atoms with Crippen LogP contribution in [0.15, 0.2) is 17.0 Å². The number of aromatic nitrogens is 1. The third-order valence-corrected chi connectivity index (χ3v) is 4.49. The smallest absolute Gasteiger partial charge is 0.265 e. The number of likely N-dealkylation sites (N-methyl/N-ethyl adjacent to an activating group) is 1. The molecule has 0 N–H and O–H groups in total. The summed E-state index contributed by atoms with van der Waals surface area (Å²) >= 11 is 6.43. The predicted octanol–water partition coefficient (Wildman–Crippen LogP) is 1.69. The van der Waals surface area contributed by atoms with Gasteiger partial charge >= 0.3 is 0 Å². The fourth-order valence-corrected chi connectivity index (χ4v) is 3.19. The number of rotatable bonds is 1. The molecule has 0 unspecified atom stereocenters. The maximum Gasteiger partial charge on any atom is 0.265 e. The lowest BCUT2D eigenvalue weighted by molar-refractivity contribution is -0.121. The van der Waals surface area contributed by atoms with Gasteiger partial charge in [0.15, 0.2) is 0 Å². The number of carbonyl (C=O) groups excluding carboxylic acids is 1. The van der Waals surface area contributed by atoms with Crippen molar-refractivity contribution in [1.29, 1.82) is 0 Å². The summed E-state index contributed by atoms with van der Waals surface area (Å²) in [4.78, 5) is 19.7. The van der Waals surface area contributed by atoms with Crippen molar-refractivity contribution in [3.05, 3.63) is 28.4 Å². The maximum atomic E-state index is 11.9. The van der Waals surface area contributed by atoms with Gasteiger partial charge in [0.05, 0.1) is 16.3 Å². The van der Waals surface area contributed by atoms with Crippen LogP contribution in [-0.4, -0.2) is 33.5 Å². The highest BCUT2D eigenvalue weighted by atomic mass is 32.2. The van der Waals surface area contributed by atoms with Crippen LogP contribution in [0.3, 0.4) is 0 Å². The number of thioether (sulfide) groups is 1. The second-order valence-electron chi connectivity index (χ2n) is 4.22. The van der Waals surface area contributed by atoms with Crippen LogP contribution in [0.1, 0.15) is 17.8 Å². The normalized spacial score (nSPS) is 21.4. The van der Waals surface area contributed by atoms with Crippen LogP contribution in [0.2, 0.25) is 0 Å². The summed E-state index contributed by atoms with van der Waals surface area (Å²) in [5, 5.41) is 0. The van der Waals surface area contributed by atoms with E-state index in [1.54, 1.807) is 7.05 Å². The molecular formula is C12H12N2O2S2. The molecule has 94 valence electrons. The second kappa shape index (κ2) is 4.44. The van der Waals surface area contributed by atoms with Crippen molar-refractivity contribution in [2.24, 2.45) is 0 Å². The molecule has 0 spiro atoms. The SMILES string of the molecule is CN1C(=O)/C(=C/c2ccc3n2OCCC3)SC1=S. The van der Waals surface area contributed by atoms with E-state index in [9.17, 15) is 4.79 Å². The number of fused-ring (bicyclic) bond motifs is 1. The minimum Gasteiger partial charge on any atom is -0.414 e. The molecule has 1 fully saturated rings. The lowest BCUT2D eigenvalue weighted by Crippen LogP contribution is -2.23. The highest BCUT2D eigenvalue weighted by Gasteiger charge is 2.29. The van der Waals surface area contributed by atoms with E-state index in [-0.39, 0.29) is 5.91 Å². The Labute approximate surface area is 115 Å². The molecule has 0 aliphatic carbocycles. The summed E-state index contributed by atoms with van der Waals surface area (Å²) in [5.41, 5.74) is 2.05. The van der Waals surface area contributed by atoms with Crippen molar-refractivity contribution in [2.45, 2.75) is 12.8 Å². The molecule has 4 nitrogen and oxygen atoms in total. The van der Waals surface area contributed by atoms with Gasteiger partial charge in [-0.3, -0.25) is 9.69 Å². The zero-order chi connectivity index (χ0) is 12.7. The first kappa shape index (κ1) is 11.8. The van der Waals surface area contributed by atoms with Crippen molar-refractivity contribution >= 4 is 40.3 Å². The van der Waals surface area contributed by atoms with Gasteiger partial charge in [-0.05, 0) is 31.1 Å². The minimum absolute atomic E-state index is 0.0450. The Morgan fingerprint density at radius 2 is 2.33 bits per heavy atom. The lowest BCUT2D eigenvalue weighted by Gasteiger charge is -2.17. The van der Waals surface area contributed by atoms with Crippen molar-refractivity contribution in [1.82, 2.24) is 9.63 Å². The van der Waals surface area contributed by atoms with Crippen LogP contribution < -0.4 is 4.84 Å². The predicted molar refractivity (Wildman–Crippen MR) is 75.1 cm³/mol. The zero-order valence-electron chi connectivity index (χ0n) is 9.88. The molecule has 0 saturated carbocycles. The van der Waals surface area contributed by atoms with Crippen LogP contribution in [0.4, 0.5) is 0 Å². The highest BCUT2D eigenvalue weighted by Crippen LogP contribution is 2.31. The average Bonchev–Trinajstić information content (AvgIpc) is 2.89. The lowest BCUT2D eigenvalue weighted by atomic mass is 10.2. The molecule has 0 bridgehead atoms. The molecular weight excluding hydrogens is 268 g/mol. The van der Waals surface area contributed by atoms with Gasteiger partial charge in [-0.2, -0.15) is 4.73 Å². The number of thiocarbonyl (C=S) groups is 1. The van der Waals surface area contributed by atoms with E-state index in [0.29, 0.717) is 9.23 Å². The minimum atomic E-state index is -0.0450. The second-order valence-corrected chi connectivity index (χ2v) is 5.90. The molecule has 3 heterocycles. The third-order valence-electron chi connectivity index (χ3n) is 3.01. The molecule has 1 amide bonds. The number of hydrogen-bond acceptors (Lipinski definition) is 4. The standard InChI is InChI=1S/C12H12N2O2S2/c1-13-11(15)10(18-12(13)17)7-9-5-4-8-3-2-6-16-14(8)9/h4-5,7H,2-3,6H2,1H3/b10-7-. The summed E-state index contributed by atoms with van der Waals surface area (Å²) in [6.45, 7) is 0.720. The van der Waals surface area contributed by atoms with Crippen LogP contribution in [-0.2, 0) is 11.2 Å². The monoisotopic (exact) mass is 280 g/mol. The van der Waals surface area contributed by atoms with Crippen LogP contribution in [0.5, 0.6) is 0 Å². The van der Waals surface area contributed by atoms with Gasteiger partial charge in [0.1, 0.15) is 10.9 Å². The van der Waals surface area contributed by atoms with Gasteiger partial charge in [0, 0.05) is 7.05 Å². The first-order valence-corrected chi connectivity index (χ1v) is 6.95. The number of aryl methyl sites for hydroxylation is 1. The van der Waals surface area contributed by atoms with Crippen molar-refractivity contribution in [3.63, 3.8) is 0 Å². The first-order chi connectivity index (χ1) is 8.66. The molecule has 6 heteroatoms. The molecule has 0 aromatic carbocycles. The average molecular weight is 280 g/mol. The number of hydrogen-bond donors (Lipinski definition) is 0. The molecule has 0 atom stereocenters. The quantitative estimate of drug-likeness (QED) is 0.579. The van der Waals surface area contributed by atoms with Gasteiger partial charge in [-0.25, -0.2) is 0 Å². The Kier molecular flexibility index (Phi) is 2.91. The number of nitrogens with zero attached hydrogens (tertiary/aromatic N) is 2. The molecule has 2 aliphatic heterocycles. The van der Waals surface area contributed by atoms with Gasteiger partial charge in [0.25, 0.3) is 5.91 Å². The highest BCUT2D eigenvalue weighted by molar-refractivity contribution is 8.26. The van der Waals surface area contributed by atoms with E-state index in [1.165, 1.54) is 16.7 Å². The molecule has 0 radical (unpaired) electrons. The molecule has 2 aliphatic rings. The summed E-state index contributed by atoms with van der Waals surface area (Å²) in [6, 6.07) is 4.01. The van der Waals surface area contributed by atoms with Crippen molar-refractivity contribution in [3.8, 4) is 0 Å². The van der Waals surface area contributed by atoms with E-state index in [1.807, 2.05) is 22.9 Å². The van der Waals surface area contributed by atoms with E-state index >= 15 is 0 Å². The third kappa shape index (κ3) is 1.85. The van der Waals surface area contributed by atoms with Gasteiger partial charge in [-0.15, -0.1) is 0 Å². The number of carbonyl (C=O) groups is 1. The van der Waals surface area contributed by atoms with Gasteiger partial charge < -0.3 is 4.84 Å². The fraction of sp³-hybridized carbons (Fsp3) is 0.333. The largest absolute Gasteiger partial charge is 0.414 e. The summed E-state index contributed by atoms with van der Waals surface area (Å²) in [6.07, 6.45) is 3.90. The molecule has 1 saturated heterocycles. The first-order valence-electron chi connectivity index (χ1n) is 5.72. The Hall–Kier alpha value is -1.27. The Morgan fingerprint density at radius 1 is 1.50 bits per heavy atom. The van der Waals surface area contributed by atoms with Crippen LogP contribution >= 0.6 is 24.0 Å². The summed E-state index contributed by atoms with van der Waals surface area (Å²) in [5.74, 6) is -0.0450. The van der Waals surface area contributed by atoms with Crippen molar-refractivity contribution in [2.75, 3.05) is 13.7 Å². The summed E-state index contributed by atoms with van der Waals surface area (Å²) in [7, 11) is 1.70. The molecule has 1 aromatic heterocycles. The zero-order valence-corrected chi connectivity index (χ0v) is 11.5. The summed E-state index contributed by atoms with van der Waals surface area (Å²) < 4.78 is 2.41. The van der Waals surface area contributed by atoms with Crippen molar-refractivity contribution < 1.29 is 9.63 Å². The topological polar surface area (TPSA) is 34.5 Å². The van der Waals surface area contributed by atoms with Crippen LogP contribution in [0, 0.1) is 0 Å². The molecule has 18 heavy (non-hydrogen) atoms. The maximum absolute atomic E-state index is 11.9. The molecule has 1 aromatic rings. The van der Waals surface area contributed by atoms with Gasteiger partial charge in [-0.1, -0.05) is 24.0 Å². The fourth-order valence-electron chi connectivity index (χ4n) is 2.02. The molecule has 3 rings (SSSR count). The van der Waals surface area contributed by atoms with E-state index in [2.05, 4.69) is 0 Å². The van der Waals surface area contributed by atoms with Crippen LogP contribution in [0.25, 0.3) is 6.08 Å². The van der Waals surface area contributed by atoms with Gasteiger partial charge in [0.2, 0.25) is 0 Å². The Balaban J connectivity index is 1.95. The number of amides is 1. The van der Waals surface area contributed by atoms with E-state index in [0.717, 1.165) is 30.8 Å².